The molecule has 0 heterocycles. The highest BCUT2D eigenvalue weighted by Crippen LogP contribution is 2.47. The van der Waals surface area contributed by atoms with Gasteiger partial charge in [-0.25, -0.2) is 0 Å². The van der Waals surface area contributed by atoms with Crippen molar-refractivity contribution in [1.29, 1.82) is 0 Å². The summed E-state index contributed by atoms with van der Waals surface area (Å²) in [4.78, 5) is 0. The Labute approximate surface area is 287 Å². The van der Waals surface area contributed by atoms with Gasteiger partial charge in [0.2, 0.25) is 0 Å². The lowest BCUT2D eigenvalue weighted by molar-refractivity contribution is -0.00000959. The predicted molar refractivity (Wildman–Crippen MR) is 201 cm³/mol. The molecule has 0 fully saturated rings. The zero-order valence-electron chi connectivity index (χ0n) is 31.0. The molecule has 0 aliphatic carbocycles. The van der Waals surface area contributed by atoms with Crippen LogP contribution in [0.25, 0.3) is 0 Å². The molecule has 0 rings (SSSR count). The second-order valence-electron chi connectivity index (χ2n) is 15.4. The molecular weight excluding hydrogens is 603 g/mol. The summed E-state index contributed by atoms with van der Waals surface area (Å²) in [7, 11) is -0.521. The van der Waals surface area contributed by atoms with Crippen LogP contribution in [0.5, 0.6) is 0 Å². The van der Waals surface area contributed by atoms with E-state index in [0.29, 0.717) is 0 Å². The third-order valence-corrected chi connectivity index (χ3v) is 11.3. The van der Waals surface area contributed by atoms with Gasteiger partial charge in [-0.15, -0.1) is 0 Å². The third-order valence-electron chi connectivity index (χ3n) is 9.68. The molecule has 0 amide bonds. The van der Waals surface area contributed by atoms with Gasteiger partial charge in [0, 0.05) is 27.3 Å². The van der Waals surface area contributed by atoms with E-state index in [1.807, 2.05) is 0 Å². The summed E-state index contributed by atoms with van der Waals surface area (Å²) in [5.74, 6) is 0. The largest absolute Gasteiger partial charge is 1.00 e. The van der Waals surface area contributed by atoms with Gasteiger partial charge in [0.1, 0.15) is 0 Å². The standard InChI is InChI=1S/C41H86P.BrH/c1-5-6-7-8-9-10-11-12-13-14-15-16-17-18-19-20-21-22-23-24-25-26-27-28-29-30-31-32-33-34-35-36-37-38-39-40-41-42(2,3)4;/h5-41H2,1-4H3;1H/q+1;/p-1. The van der Waals surface area contributed by atoms with E-state index in [1.54, 1.807) is 0 Å². The van der Waals surface area contributed by atoms with E-state index in [4.69, 9.17) is 0 Å². The Morgan fingerprint density at radius 3 is 0.512 bits per heavy atom. The first-order valence-electron chi connectivity index (χ1n) is 20.4. The van der Waals surface area contributed by atoms with Crippen molar-refractivity contribution >= 4 is 7.26 Å². The van der Waals surface area contributed by atoms with Crippen molar-refractivity contribution in [2.24, 2.45) is 0 Å². The van der Waals surface area contributed by atoms with Crippen molar-refractivity contribution in [3.8, 4) is 0 Å². The van der Waals surface area contributed by atoms with E-state index in [9.17, 15) is 0 Å². The van der Waals surface area contributed by atoms with Gasteiger partial charge >= 0.3 is 0 Å². The number of halogens is 1. The molecule has 0 aliphatic rings. The van der Waals surface area contributed by atoms with Gasteiger partial charge in [-0.05, 0) is 12.8 Å². The zero-order valence-corrected chi connectivity index (χ0v) is 33.5. The lowest BCUT2D eigenvalue weighted by Crippen LogP contribution is -3.00. The molecule has 0 unspecified atom stereocenters. The van der Waals surface area contributed by atoms with Crippen LogP contribution in [0, 0.1) is 0 Å². The van der Waals surface area contributed by atoms with E-state index >= 15 is 0 Å². The molecule has 0 aromatic rings. The molecule has 262 valence electrons. The van der Waals surface area contributed by atoms with Crippen LogP contribution in [0.4, 0.5) is 0 Å². The van der Waals surface area contributed by atoms with Gasteiger partial charge in [-0.1, -0.05) is 225 Å². The summed E-state index contributed by atoms with van der Waals surface area (Å²) in [6.07, 6.45) is 55.1. The minimum atomic E-state index is -0.521. The number of unbranched alkanes of at least 4 members (excludes halogenated alkanes) is 35. The van der Waals surface area contributed by atoms with Crippen molar-refractivity contribution in [2.75, 3.05) is 26.2 Å². The second kappa shape index (κ2) is 39.1. The van der Waals surface area contributed by atoms with Crippen LogP contribution in [0.3, 0.4) is 0 Å². The maximum Gasteiger partial charge on any atom is 0.0586 e. The first-order chi connectivity index (χ1) is 20.6. The lowest BCUT2D eigenvalue weighted by Gasteiger charge is -2.10. The smallest absolute Gasteiger partial charge is 0.0586 e. The molecule has 2 heteroatoms. The van der Waals surface area contributed by atoms with Gasteiger partial charge in [-0.3, -0.25) is 0 Å². The van der Waals surface area contributed by atoms with Crippen LogP contribution in [0.1, 0.15) is 238 Å². The van der Waals surface area contributed by atoms with Crippen LogP contribution < -0.4 is 17.0 Å². The summed E-state index contributed by atoms with van der Waals surface area (Å²) < 4.78 is 0. The summed E-state index contributed by atoms with van der Waals surface area (Å²) in [5, 5.41) is 0. The molecule has 0 aromatic carbocycles. The highest BCUT2D eigenvalue weighted by atomic mass is 79.9. The first kappa shape index (κ1) is 46.0. The fourth-order valence-corrected chi connectivity index (χ4v) is 7.84. The number of hydrogen-bond donors (Lipinski definition) is 0. The first-order valence-corrected chi connectivity index (χ1v) is 23.7. The minimum absolute atomic E-state index is 0. The Morgan fingerprint density at radius 2 is 0.372 bits per heavy atom. The summed E-state index contributed by atoms with van der Waals surface area (Å²) in [6, 6.07) is 0. The molecule has 0 N–H and O–H groups in total. The maximum absolute atomic E-state index is 2.48. The van der Waals surface area contributed by atoms with Gasteiger partial charge in [0.05, 0.1) is 6.16 Å². The molecule has 0 atom stereocenters. The van der Waals surface area contributed by atoms with Gasteiger partial charge in [0.25, 0.3) is 0 Å². The van der Waals surface area contributed by atoms with Crippen LogP contribution in [0.15, 0.2) is 0 Å². The predicted octanol–water partition coefficient (Wildman–Crippen LogP) is 13.0. The molecule has 0 spiro atoms. The molecule has 0 saturated heterocycles. The van der Waals surface area contributed by atoms with Crippen LogP contribution >= 0.6 is 7.26 Å². The zero-order chi connectivity index (χ0) is 30.7. The minimum Gasteiger partial charge on any atom is -1.00 e. The molecule has 0 aliphatic heterocycles. The van der Waals surface area contributed by atoms with Crippen LogP contribution in [-0.2, 0) is 0 Å². The molecular formula is C41H86BrP. The average Bonchev–Trinajstić information content (AvgIpc) is 2.96. The average molecular weight is 690 g/mol. The van der Waals surface area contributed by atoms with Gasteiger partial charge in [0.15, 0.2) is 0 Å². The second-order valence-corrected chi connectivity index (χ2v) is 20.4. The summed E-state index contributed by atoms with van der Waals surface area (Å²) in [5.41, 5.74) is 0. The molecule has 0 radical (unpaired) electrons. The van der Waals surface area contributed by atoms with Crippen molar-refractivity contribution < 1.29 is 17.0 Å². The van der Waals surface area contributed by atoms with Gasteiger partial charge < -0.3 is 17.0 Å². The Kier molecular flexibility index (Phi) is 41.8. The van der Waals surface area contributed by atoms with E-state index in [2.05, 4.69) is 26.9 Å². The van der Waals surface area contributed by atoms with Gasteiger partial charge in [-0.2, -0.15) is 0 Å². The fraction of sp³-hybridized carbons (Fsp3) is 1.00. The molecule has 43 heavy (non-hydrogen) atoms. The molecule has 0 bridgehead atoms. The Morgan fingerprint density at radius 1 is 0.233 bits per heavy atom. The Balaban J connectivity index is 0. The Hall–Kier alpha value is 0.910. The van der Waals surface area contributed by atoms with E-state index in [0.717, 1.165) is 0 Å². The highest BCUT2D eigenvalue weighted by molar-refractivity contribution is 7.73. The summed E-state index contributed by atoms with van der Waals surface area (Å²) >= 11 is 0. The van der Waals surface area contributed by atoms with E-state index < -0.39 is 7.26 Å². The number of rotatable bonds is 37. The highest BCUT2D eigenvalue weighted by Gasteiger charge is 2.15. The van der Waals surface area contributed by atoms with E-state index in [1.165, 1.54) is 237 Å². The van der Waals surface area contributed by atoms with Crippen molar-refractivity contribution in [3.63, 3.8) is 0 Å². The molecule has 0 saturated carbocycles. The van der Waals surface area contributed by atoms with Crippen molar-refractivity contribution in [3.05, 3.63) is 0 Å². The number of hydrogen-bond acceptors (Lipinski definition) is 0. The van der Waals surface area contributed by atoms with Crippen molar-refractivity contribution in [1.82, 2.24) is 0 Å². The SMILES string of the molecule is CCCCCCCCCCCCCCCCCCCCCCCCCCCCCCCCCCCCCC[P+](C)(C)C.[Br-]. The fourth-order valence-electron chi connectivity index (χ4n) is 6.67. The molecule has 0 nitrogen and oxygen atoms in total. The Bertz CT molecular complexity index is 471. The molecule has 0 aromatic heterocycles. The van der Waals surface area contributed by atoms with Crippen LogP contribution in [0.2, 0.25) is 0 Å². The van der Waals surface area contributed by atoms with E-state index in [-0.39, 0.29) is 17.0 Å². The lowest BCUT2D eigenvalue weighted by atomic mass is 10.0. The quantitative estimate of drug-likeness (QED) is 0.0450. The maximum atomic E-state index is 2.48. The van der Waals surface area contributed by atoms with Crippen LogP contribution in [-0.4, -0.2) is 26.2 Å². The normalized spacial score (nSPS) is 11.7. The monoisotopic (exact) mass is 689 g/mol. The van der Waals surface area contributed by atoms with Crippen molar-refractivity contribution in [2.45, 2.75) is 238 Å². The topological polar surface area (TPSA) is 0 Å². The summed E-state index contributed by atoms with van der Waals surface area (Å²) in [6.45, 7) is 9.76. The third kappa shape index (κ3) is 45.1.